The zero-order valence-corrected chi connectivity index (χ0v) is 12.0. The predicted molar refractivity (Wildman–Crippen MR) is 76.8 cm³/mol. The molecular weight excluding hydrogens is 298 g/mol. The Morgan fingerprint density at radius 2 is 1.81 bits per heavy atom. The summed E-state index contributed by atoms with van der Waals surface area (Å²) in [7, 11) is 2.95. The van der Waals surface area contributed by atoms with Gasteiger partial charge >= 0.3 is 5.97 Å². The highest BCUT2D eigenvalue weighted by atomic mass is 35.5. The number of hydrogen-bond donors (Lipinski definition) is 2. The van der Waals surface area contributed by atoms with Gasteiger partial charge in [-0.2, -0.15) is 9.97 Å². The van der Waals surface area contributed by atoms with Crippen LogP contribution in [-0.4, -0.2) is 35.3 Å². The van der Waals surface area contributed by atoms with Gasteiger partial charge in [0, 0.05) is 5.69 Å². The van der Waals surface area contributed by atoms with Crippen molar-refractivity contribution in [2.45, 2.75) is 0 Å². The standard InChI is InChI=1S/C13H12ClN3O4/c1-20-10-6-11(21-2)17-13(16-10)15-7-3-4-8(12(18)19)9(14)5-7/h3-6H,1-2H3,(H,18,19)(H,15,16,17). The molecule has 0 amide bonds. The fourth-order valence-electron chi connectivity index (χ4n) is 1.56. The highest BCUT2D eigenvalue weighted by Gasteiger charge is 2.10. The van der Waals surface area contributed by atoms with E-state index in [0.717, 1.165) is 0 Å². The molecule has 0 radical (unpaired) electrons. The van der Waals surface area contributed by atoms with E-state index in [1.807, 2.05) is 0 Å². The molecule has 21 heavy (non-hydrogen) atoms. The highest BCUT2D eigenvalue weighted by molar-refractivity contribution is 6.33. The topological polar surface area (TPSA) is 93.6 Å². The van der Waals surface area contributed by atoms with Gasteiger partial charge in [0.15, 0.2) is 0 Å². The zero-order chi connectivity index (χ0) is 15.4. The van der Waals surface area contributed by atoms with E-state index in [1.165, 1.54) is 32.4 Å². The molecule has 2 N–H and O–H groups in total. The number of methoxy groups -OCH3 is 2. The number of nitrogens with one attached hydrogen (secondary N) is 1. The Kier molecular flexibility index (Phi) is 4.44. The molecular formula is C13H12ClN3O4. The minimum absolute atomic E-state index is 0.0198. The van der Waals surface area contributed by atoms with Gasteiger partial charge in [-0.25, -0.2) is 4.79 Å². The smallest absolute Gasteiger partial charge is 0.337 e. The van der Waals surface area contributed by atoms with Gasteiger partial charge < -0.3 is 19.9 Å². The van der Waals surface area contributed by atoms with Crippen molar-refractivity contribution in [3.8, 4) is 11.8 Å². The van der Waals surface area contributed by atoms with Gasteiger partial charge in [-0.3, -0.25) is 0 Å². The molecule has 2 rings (SSSR count). The Labute approximate surface area is 125 Å². The molecule has 0 saturated carbocycles. The Bertz CT molecular complexity index is 656. The van der Waals surface area contributed by atoms with Crippen molar-refractivity contribution in [2.75, 3.05) is 19.5 Å². The third-order valence-electron chi connectivity index (χ3n) is 2.55. The molecule has 0 unspecified atom stereocenters. The van der Waals surface area contributed by atoms with Crippen molar-refractivity contribution in [3.05, 3.63) is 34.9 Å². The SMILES string of the molecule is COc1cc(OC)nc(Nc2ccc(C(=O)O)c(Cl)c2)n1. The number of aromatic carboxylic acids is 1. The van der Waals surface area contributed by atoms with Crippen LogP contribution in [0.4, 0.5) is 11.6 Å². The molecule has 0 atom stereocenters. The fourth-order valence-corrected chi connectivity index (χ4v) is 1.83. The van der Waals surface area contributed by atoms with Gasteiger partial charge in [-0.1, -0.05) is 11.6 Å². The number of ether oxygens (including phenoxy) is 2. The van der Waals surface area contributed by atoms with Crippen LogP contribution < -0.4 is 14.8 Å². The van der Waals surface area contributed by atoms with E-state index in [2.05, 4.69) is 15.3 Å². The summed E-state index contributed by atoms with van der Waals surface area (Å²) in [5.74, 6) is -0.189. The van der Waals surface area contributed by atoms with Crippen molar-refractivity contribution in [1.82, 2.24) is 9.97 Å². The minimum Gasteiger partial charge on any atom is -0.481 e. The molecule has 0 bridgehead atoms. The third kappa shape index (κ3) is 3.51. The molecule has 0 spiro atoms. The van der Waals surface area contributed by atoms with Crippen LogP contribution in [0, 0.1) is 0 Å². The Morgan fingerprint density at radius 3 is 2.29 bits per heavy atom. The van der Waals surface area contributed by atoms with Crippen LogP contribution in [0.25, 0.3) is 0 Å². The number of aromatic nitrogens is 2. The lowest BCUT2D eigenvalue weighted by Crippen LogP contribution is -2.02. The monoisotopic (exact) mass is 309 g/mol. The first-order valence-electron chi connectivity index (χ1n) is 5.80. The lowest BCUT2D eigenvalue weighted by atomic mass is 10.2. The number of hydrogen-bond acceptors (Lipinski definition) is 6. The van der Waals surface area contributed by atoms with Crippen LogP contribution in [0.2, 0.25) is 5.02 Å². The van der Waals surface area contributed by atoms with Crippen LogP contribution in [0.1, 0.15) is 10.4 Å². The molecule has 0 aliphatic rings. The van der Waals surface area contributed by atoms with Gasteiger partial charge in [0.1, 0.15) is 0 Å². The van der Waals surface area contributed by atoms with E-state index in [-0.39, 0.29) is 16.5 Å². The van der Waals surface area contributed by atoms with E-state index in [0.29, 0.717) is 17.4 Å². The maximum atomic E-state index is 10.9. The molecule has 7 nitrogen and oxygen atoms in total. The van der Waals surface area contributed by atoms with Crippen LogP contribution in [0.15, 0.2) is 24.3 Å². The molecule has 1 heterocycles. The van der Waals surface area contributed by atoms with Crippen LogP contribution in [0.5, 0.6) is 11.8 Å². The van der Waals surface area contributed by atoms with Crippen LogP contribution >= 0.6 is 11.6 Å². The molecule has 8 heteroatoms. The lowest BCUT2D eigenvalue weighted by molar-refractivity contribution is 0.0697. The molecule has 0 saturated heterocycles. The maximum Gasteiger partial charge on any atom is 0.337 e. The average Bonchev–Trinajstić information content (AvgIpc) is 2.46. The van der Waals surface area contributed by atoms with E-state index >= 15 is 0 Å². The molecule has 2 aromatic rings. The largest absolute Gasteiger partial charge is 0.481 e. The van der Waals surface area contributed by atoms with E-state index in [9.17, 15) is 4.79 Å². The molecule has 0 fully saturated rings. The predicted octanol–water partition coefficient (Wildman–Crippen LogP) is 2.59. The molecule has 0 aliphatic carbocycles. The first-order valence-corrected chi connectivity index (χ1v) is 6.18. The summed E-state index contributed by atoms with van der Waals surface area (Å²) >= 11 is 5.90. The number of nitrogens with zero attached hydrogens (tertiary/aromatic N) is 2. The van der Waals surface area contributed by atoms with Crippen molar-refractivity contribution < 1.29 is 19.4 Å². The van der Waals surface area contributed by atoms with Crippen molar-refractivity contribution in [3.63, 3.8) is 0 Å². The number of benzene rings is 1. The van der Waals surface area contributed by atoms with Gasteiger partial charge in [0.25, 0.3) is 0 Å². The second kappa shape index (κ2) is 6.27. The zero-order valence-electron chi connectivity index (χ0n) is 11.3. The van der Waals surface area contributed by atoms with Crippen LogP contribution in [0.3, 0.4) is 0 Å². The van der Waals surface area contributed by atoms with Crippen molar-refractivity contribution >= 4 is 29.2 Å². The normalized spacial score (nSPS) is 10.0. The number of carboxylic acids is 1. The van der Waals surface area contributed by atoms with E-state index < -0.39 is 5.97 Å². The van der Waals surface area contributed by atoms with Gasteiger partial charge in [0.05, 0.1) is 30.9 Å². The molecule has 1 aromatic carbocycles. The first-order chi connectivity index (χ1) is 10.0. The summed E-state index contributed by atoms with van der Waals surface area (Å²) in [6, 6.07) is 5.96. The molecule has 0 aliphatic heterocycles. The highest BCUT2D eigenvalue weighted by Crippen LogP contribution is 2.24. The number of rotatable bonds is 5. The molecule has 1 aromatic heterocycles. The first kappa shape index (κ1) is 14.9. The Hall–Kier alpha value is -2.54. The summed E-state index contributed by atoms with van der Waals surface area (Å²) in [5.41, 5.74) is 0.562. The van der Waals surface area contributed by atoms with Gasteiger partial charge in [-0.15, -0.1) is 0 Å². The number of halogens is 1. The summed E-state index contributed by atoms with van der Waals surface area (Å²) in [6.07, 6.45) is 0. The molecule has 110 valence electrons. The quantitative estimate of drug-likeness (QED) is 0.876. The second-order valence-electron chi connectivity index (χ2n) is 3.90. The fraction of sp³-hybridized carbons (Fsp3) is 0.154. The number of carboxylic acid groups (broad SMARTS) is 1. The minimum atomic E-state index is -1.09. The van der Waals surface area contributed by atoms with Crippen molar-refractivity contribution in [1.29, 1.82) is 0 Å². The van der Waals surface area contributed by atoms with Gasteiger partial charge in [0.2, 0.25) is 17.7 Å². The number of carbonyl (C=O) groups is 1. The summed E-state index contributed by atoms with van der Waals surface area (Å²) in [6.45, 7) is 0. The summed E-state index contributed by atoms with van der Waals surface area (Å²) in [4.78, 5) is 19.1. The van der Waals surface area contributed by atoms with E-state index in [4.69, 9.17) is 26.2 Å². The van der Waals surface area contributed by atoms with Crippen molar-refractivity contribution in [2.24, 2.45) is 0 Å². The average molecular weight is 310 g/mol. The van der Waals surface area contributed by atoms with Crippen LogP contribution in [-0.2, 0) is 0 Å². The summed E-state index contributed by atoms with van der Waals surface area (Å²) in [5, 5.41) is 11.9. The maximum absolute atomic E-state index is 10.9. The van der Waals surface area contributed by atoms with E-state index in [1.54, 1.807) is 6.07 Å². The Balaban J connectivity index is 2.29. The second-order valence-corrected chi connectivity index (χ2v) is 4.31. The third-order valence-corrected chi connectivity index (χ3v) is 2.87. The lowest BCUT2D eigenvalue weighted by Gasteiger charge is -2.09. The number of anilines is 2. The summed E-state index contributed by atoms with van der Waals surface area (Å²) < 4.78 is 10.1. The van der Waals surface area contributed by atoms with Gasteiger partial charge in [-0.05, 0) is 18.2 Å². The Morgan fingerprint density at radius 1 is 1.19 bits per heavy atom.